The van der Waals surface area contributed by atoms with E-state index in [0.29, 0.717) is 0 Å². The molecule has 3 nitrogen and oxygen atoms in total. The number of hydrogen-bond donors (Lipinski definition) is 1. The molecule has 0 fully saturated rings. The van der Waals surface area contributed by atoms with Gasteiger partial charge in [0.2, 0.25) is 0 Å². The first-order chi connectivity index (χ1) is 7.98. The Balaban J connectivity index is 2.17. The Morgan fingerprint density at radius 2 is 2.24 bits per heavy atom. The van der Waals surface area contributed by atoms with Crippen LogP contribution >= 0.6 is 0 Å². The predicted octanol–water partition coefficient (Wildman–Crippen LogP) is 2.51. The fraction of sp³-hybridized carbons (Fsp3) is 0.615. The Hall–Kier alpha value is -0.740. The van der Waals surface area contributed by atoms with Crippen LogP contribution in [0.3, 0.4) is 0 Å². The van der Waals surface area contributed by atoms with Crippen molar-refractivity contribution in [2.75, 3.05) is 0 Å². The summed E-state index contributed by atoms with van der Waals surface area (Å²) in [5.74, 6) is 0. The molecule has 0 saturated carbocycles. The van der Waals surface area contributed by atoms with Crippen LogP contribution in [0.25, 0.3) is 0 Å². The fourth-order valence-corrected chi connectivity index (χ4v) is 2.89. The quantitative estimate of drug-likeness (QED) is 0.878. The van der Waals surface area contributed by atoms with Gasteiger partial charge in [0.25, 0.3) is 0 Å². The van der Waals surface area contributed by atoms with E-state index >= 15 is 0 Å². The van der Waals surface area contributed by atoms with Crippen molar-refractivity contribution in [1.29, 1.82) is 0 Å². The average molecular weight is 252 g/mol. The molecule has 2 rings (SSSR count). The number of pyridine rings is 1. The monoisotopic (exact) mass is 252 g/mol. The van der Waals surface area contributed by atoms with E-state index in [-0.39, 0.29) is 10.8 Å². The first kappa shape index (κ1) is 12.7. The van der Waals surface area contributed by atoms with Crippen molar-refractivity contribution >= 4 is 11.0 Å². The standard InChI is InChI=1S/C13H20N2OS/c1-13(2,3)17(16)15-12-8-4-7-11-10(12)6-5-9-14-11/h5-6,9,12,15H,4,7-8H2,1-3H3/t12-,17+/m0/s1. The van der Waals surface area contributed by atoms with E-state index in [1.54, 1.807) is 0 Å². The van der Waals surface area contributed by atoms with Gasteiger partial charge in [0.1, 0.15) is 0 Å². The molecule has 0 spiro atoms. The van der Waals surface area contributed by atoms with Gasteiger partial charge in [-0.15, -0.1) is 0 Å². The molecule has 0 radical (unpaired) electrons. The van der Waals surface area contributed by atoms with Crippen LogP contribution in [0.5, 0.6) is 0 Å². The first-order valence-electron chi connectivity index (χ1n) is 6.10. The maximum Gasteiger partial charge on any atom is 0.0975 e. The third-order valence-corrected chi connectivity index (χ3v) is 4.62. The summed E-state index contributed by atoms with van der Waals surface area (Å²) in [7, 11) is -1.02. The third-order valence-electron chi connectivity index (χ3n) is 3.01. The van der Waals surface area contributed by atoms with Crippen LogP contribution < -0.4 is 4.72 Å². The van der Waals surface area contributed by atoms with Crippen molar-refractivity contribution in [2.24, 2.45) is 0 Å². The summed E-state index contributed by atoms with van der Waals surface area (Å²) < 4.78 is 15.1. The molecule has 1 heterocycles. The molecule has 0 aromatic carbocycles. The Morgan fingerprint density at radius 1 is 1.47 bits per heavy atom. The zero-order valence-electron chi connectivity index (χ0n) is 10.7. The van der Waals surface area contributed by atoms with Crippen LogP contribution in [0, 0.1) is 0 Å². The molecule has 0 amide bonds. The summed E-state index contributed by atoms with van der Waals surface area (Å²) in [6, 6.07) is 4.24. The minimum atomic E-state index is -1.02. The molecule has 1 aliphatic carbocycles. The minimum Gasteiger partial charge on any atom is -0.261 e. The first-order valence-corrected chi connectivity index (χ1v) is 7.25. The third kappa shape index (κ3) is 2.93. The molecule has 4 heteroatoms. The van der Waals surface area contributed by atoms with Crippen molar-refractivity contribution in [3.05, 3.63) is 29.6 Å². The fourth-order valence-electron chi connectivity index (χ4n) is 2.03. The topological polar surface area (TPSA) is 42.0 Å². The van der Waals surface area contributed by atoms with Gasteiger partial charge in [-0.1, -0.05) is 6.07 Å². The summed E-state index contributed by atoms with van der Waals surface area (Å²) in [5, 5.41) is 0. The van der Waals surface area contributed by atoms with Gasteiger partial charge in [-0.3, -0.25) is 4.98 Å². The predicted molar refractivity (Wildman–Crippen MR) is 70.9 cm³/mol. The maximum atomic E-state index is 12.1. The Kier molecular flexibility index (Phi) is 3.64. The molecule has 0 saturated heterocycles. The van der Waals surface area contributed by atoms with Crippen LogP contribution in [-0.2, 0) is 17.4 Å². The van der Waals surface area contributed by atoms with Crippen LogP contribution in [0.15, 0.2) is 18.3 Å². The molecule has 1 N–H and O–H groups in total. The summed E-state index contributed by atoms with van der Waals surface area (Å²) in [6.07, 6.45) is 5.03. The van der Waals surface area contributed by atoms with Crippen LogP contribution in [0.4, 0.5) is 0 Å². The van der Waals surface area contributed by atoms with Crippen molar-refractivity contribution in [3.63, 3.8) is 0 Å². The van der Waals surface area contributed by atoms with E-state index in [1.807, 2.05) is 33.0 Å². The van der Waals surface area contributed by atoms with Crippen molar-refractivity contribution in [3.8, 4) is 0 Å². The number of aryl methyl sites for hydroxylation is 1. The Labute approximate surface area is 106 Å². The van der Waals surface area contributed by atoms with E-state index in [1.165, 1.54) is 5.56 Å². The van der Waals surface area contributed by atoms with E-state index in [4.69, 9.17) is 0 Å². The molecule has 17 heavy (non-hydrogen) atoms. The Morgan fingerprint density at radius 3 is 2.94 bits per heavy atom. The second-order valence-corrected chi connectivity index (χ2v) is 7.48. The molecular weight excluding hydrogens is 232 g/mol. The van der Waals surface area contributed by atoms with Gasteiger partial charge in [0.05, 0.1) is 15.7 Å². The highest BCUT2D eigenvalue weighted by atomic mass is 32.2. The van der Waals surface area contributed by atoms with Crippen molar-refractivity contribution < 1.29 is 4.21 Å². The number of rotatable bonds is 2. The second-order valence-electron chi connectivity index (χ2n) is 5.48. The molecule has 1 aromatic rings. The lowest BCUT2D eigenvalue weighted by Gasteiger charge is -2.28. The Bertz CT molecular complexity index is 426. The number of hydrogen-bond acceptors (Lipinski definition) is 2. The van der Waals surface area contributed by atoms with E-state index in [9.17, 15) is 4.21 Å². The average Bonchev–Trinajstić information content (AvgIpc) is 2.28. The maximum absolute atomic E-state index is 12.1. The molecule has 0 aliphatic heterocycles. The van der Waals surface area contributed by atoms with E-state index in [2.05, 4.69) is 15.8 Å². The lowest BCUT2D eigenvalue weighted by molar-refractivity contribution is 0.516. The van der Waals surface area contributed by atoms with E-state index < -0.39 is 11.0 Å². The van der Waals surface area contributed by atoms with Crippen molar-refractivity contribution in [2.45, 2.75) is 50.8 Å². The number of nitrogens with one attached hydrogen (secondary N) is 1. The van der Waals surface area contributed by atoms with Crippen LogP contribution in [-0.4, -0.2) is 13.9 Å². The molecule has 1 aliphatic rings. The highest BCUT2D eigenvalue weighted by Gasteiger charge is 2.26. The van der Waals surface area contributed by atoms with Gasteiger partial charge >= 0.3 is 0 Å². The van der Waals surface area contributed by atoms with Crippen molar-refractivity contribution in [1.82, 2.24) is 9.71 Å². The zero-order valence-corrected chi connectivity index (χ0v) is 11.5. The number of nitrogens with zero attached hydrogens (tertiary/aromatic N) is 1. The highest BCUT2D eigenvalue weighted by Crippen LogP contribution is 2.29. The zero-order chi connectivity index (χ0) is 12.5. The normalized spacial score (nSPS) is 21.9. The SMILES string of the molecule is CC(C)(C)[S@@](=O)N[C@H]1CCCc2ncccc21. The highest BCUT2D eigenvalue weighted by molar-refractivity contribution is 7.84. The molecule has 0 unspecified atom stereocenters. The smallest absolute Gasteiger partial charge is 0.0975 e. The van der Waals surface area contributed by atoms with Crippen LogP contribution in [0.2, 0.25) is 0 Å². The van der Waals surface area contributed by atoms with Gasteiger partial charge in [0.15, 0.2) is 0 Å². The molecule has 0 bridgehead atoms. The largest absolute Gasteiger partial charge is 0.261 e. The molecule has 2 atom stereocenters. The minimum absolute atomic E-state index is 0.188. The van der Waals surface area contributed by atoms with Crippen LogP contribution in [0.1, 0.15) is 50.9 Å². The summed E-state index contributed by atoms with van der Waals surface area (Å²) in [5.41, 5.74) is 2.37. The van der Waals surface area contributed by atoms with Gasteiger partial charge in [-0.25, -0.2) is 8.93 Å². The number of aromatic nitrogens is 1. The lowest BCUT2D eigenvalue weighted by Crippen LogP contribution is -2.37. The van der Waals surface area contributed by atoms with E-state index in [0.717, 1.165) is 25.0 Å². The summed E-state index contributed by atoms with van der Waals surface area (Å²) in [6.45, 7) is 5.97. The second kappa shape index (κ2) is 4.86. The van der Waals surface area contributed by atoms with Gasteiger partial charge in [-0.2, -0.15) is 0 Å². The molecule has 94 valence electrons. The van der Waals surface area contributed by atoms with Gasteiger partial charge in [0, 0.05) is 17.9 Å². The molecular formula is C13H20N2OS. The number of fused-ring (bicyclic) bond motifs is 1. The summed E-state index contributed by atoms with van der Waals surface area (Å²) in [4.78, 5) is 4.40. The summed E-state index contributed by atoms with van der Waals surface area (Å²) >= 11 is 0. The lowest BCUT2D eigenvalue weighted by atomic mass is 9.92. The van der Waals surface area contributed by atoms with Gasteiger partial charge in [-0.05, 0) is 51.7 Å². The van der Waals surface area contributed by atoms with Gasteiger partial charge < -0.3 is 0 Å². The molecule has 1 aromatic heterocycles.